The van der Waals surface area contributed by atoms with Crippen LogP contribution < -0.4 is 0 Å². The molecule has 4 aromatic rings. The summed E-state index contributed by atoms with van der Waals surface area (Å²) in [4.78, 5) is 0. The Morgan fingerprint density at radius 3 is 1.85 bits per heavy atom. The second kappa shape index (κ2) is 12.2. The lowest BCUT2D eigenvalue weighted by Gasteiger charge is -2.47. The van der Waals surface area contributed by atoms with Crippen LogP contribution >= 0.6 is 0 Å². The first-order valence-corrected chi connectivity index (χ1v) is 21.2. The van der Waals surface area contributed by atoms with E-state index < -0.39 is 0 Å². The van der Waals surface area contributed by atoms with E-state index in [4.69, 9.17) is 0 Å². The second-order valence-electron chi connectivity index (χ2n) is 19.5. The minimum absolute atomic E-state index is 0.0000697. The lowest BCUT2D eigenvalue weighted by Crippen LogP contribution is -2.42. The number of fused-ring (bicyclic) bond motifs is 12. The Balaban J connectivity index is 1.57. The van der Waals surface area contributed by atoms with Crippen LogP contribution in [0.1, 0.15) is 155 Å². The number of hydrogen-bond acceptors (Lipinski definition) is 0. The van der Waals surface area contributed by atoms with Gasteiger partial charge in [-0.15, -0.1) is 0 Å². The Morgan fingerprint density at radius 2 is 1.23 bits per heavy atom. The maximum atomic E-state index is 2.85. The molecule has 0 bridgehead atoms. The first-order valence-electron chi connectivity index (χ1n) is 21.2. The zero-order chi connectivity index (χ0) is 38.0. The molecule has 0 saturated heterocycles. The molecule has 276 valence electrons. The largest absolute Gasteiger partial charge is 0.0654 e. The van der Waals surface area contributed by atoms with Crippen molar-refractivity contribution in [2.24, 2.45) is 23.7 Å². The van der Waals surface area contributed by atoms with E-state index in [0.29, 0.717) is 23.7 Å². The standard InChI is InChI=1S/C53H64/c1-14-32(15-2)34-28-39(33(16-3)17-4)45(31(5)6)53(30-34)42-27-26-38-47(52(12,13)48-37-24-20-21-25-41(37)51(10,11)49(38)48)44(42)40-29-43(50(7,8)9)35-22-18-19-23-36(35)46(40)53/h18-33,45H,14-17H2,1-13H3. The van der Waals surface area contributed by atoms with Crippen molar-refractivity contribution in [3.8, 4) is 11.1 Å². The summed E-state index contributed by atoms with van der Waals surface area (Å²) in [6.45, 7) is 32.0. The first kappa shape index (κ1) is 36.3. The molecule has 0 N–H and O–H groups in total. The summed E-state index contributed by atoms with van der Waals surface area (Å²) in [7, 11) is 0. The summed E-state index contributed by atoms with van der Waals surface area (Å²) in [5.74, 6) is 1.95. The van der Waals surface area contributed by atoms with E-state index in [1.807, 2.05) is 0 Å². The zero-order valence-electron chi connectivity index (χ0n) is 35.1. The molecular weight excluding hydrogens is 637 g/mol. The molecule has 4 aliphatic carbocycles. The van der Waals surface area contributed by atoms with Gasteiger partial charge in [-0.05, 0) is 132 Å². The third kappa shape index (κ3) is 4.72. The maximum absolute atomic E-state index is 2.85. The topological polar surface area (TPSA) is 0 Å². The number of rotatable bonds is 7. The van der Waals surface area contributed by atoms with Crippen molar-refractivity contribution in [3.63, 3.8) is 0 Å². The van der Waals surface area contributed by atoms with Crippen LogP contribution in [0.2, 0.25) is 0 Å². The molecule has 0 fully saturated rings. The quantitative estimate of drug-likeness (QED) is 0.180. The second-order valence-corrected chi connectivity index (χ2v) is 19.5. The molecule has 53 heavy (non-hydrogen) atoms. The highest BCUT2D eigenvalue weighted by atomic mass is 14.6. The summed E-state index contributed by atoms with van der Waals surface area (Å²) < 4.78 is 0. The number of benzene rings is 4. The van der Waals surface area contributed by atoms with Crippen LogP contribution in [0.5, 0.6) is 0 Å². The molecule has 0 heterocycles. The van der Waals surface area contributed by atoms with Crippen molar-refractivity contribution >= 4 is 21.9 Å². The summed E-state index contributed by atoms with van der Waals surface area (Å²) in [5, 5.41) is 2.88. The number of hydrogen-bond donors (Lipinski definition) is 0. The highest BCUT2D eigenvalue weighted by Crippen LogP contribution is 2.69. The van der Waals surface area contributed by atoms with Crippen LogP contribution in [0.4, 0.5) is 0 Å². The van der Waals surface area contributed by atoms with Gasteiger partial charge in [0.15, 0.2) is 0 Å². The third-order valence-electron chi connectivity index (χ3n) is 14.6. The molecule has 2 unspecified atom stereocenters. The van der Waals surface area contributed by atoms with Crippen molar-refractivity contribution in [1.29, 1.82) is 0 Å². The first-order chi connectivity index (χ1) is 25.1. The fraction of sp³-hybridized carbons (Fsp3) is 0.472. The molecule has 0 nitrogen and oxygen atoms in total. The summed E-state index contributed by atoms with van der Waals surface area (Å²) in [6.07, 6.45) is 10.3. The van der Waals surface area contributed by atoms with E-state index in [1.54, 1.807) is 39.0 Å². The lowest BCUT2D eigenvalue weighted by atomic mass is 9.55. The van der Waals surface area contributed by atoms with Gasteiger partial charge < -0.3 is 0 Å². The monoisotopic (exact) mass is 701 g/mol. The van der Waals surface area contributed by atoms with E-state index in [0.717, 1.165) is 0 Å². The van der Waals surface area contributed by atoms with Crippen molar-refractivity contribution in [1.82, 2.24) is 0 Å². The molecular formula is C53H64. The van der Waals surface area contributed by atoms with Crippen LogP contribution in [0.25, 0.3) is 33.0 Å². The average molecular weight is 701 g/mol. The van der Waals surface area contributed by atoms with E-state index >= 15 is 0 Å². The van der Waals surface area contributed by atoms with Gasteiger partial charge >= 0.3 is 0 Å². The molecule has 1 spiro atoms. The van der Waals surface area contributed by atoms with Gasteiger partial charge in [0.05, 0.1) is 0 Å². The van der Waals surface area contributed by atoms with E-state index in [9.17, 15) is 0 Å². The minimum Gasteiger partial charge on any atom is -0.0654 e. The minimum atomic E-state index is -0.259. The normalized spacial score (nSPS) is 22.1. The van der Waals surface area contributed by atoms with Crippen LogP contribution in [-0.4, -0.2) is 0 Å². The summed E-state index contributed by atoms with van der Waals surface area (Å²) in [6, 6.07) is 26.7. The van der Waals surface area contributed by atoms with Gasteiger partial charge in [0.1, 0.15) is 0 Å². The molecule has 2 atom stereocenters. The van der Waals surface area contributed by atoms with Crippen LogP contribution in [0.3, 0.4) is 0 Å². The van der Waals surface area contributed by atoms with Gasteiger partial charge in [0, 0.05) is 22.2 Å². The van der Waals surface area contributed by atoms with E-state index in [-0.39, 0.29) is 21.7 Å². The molecule has 0 amide bonds. The van der Waals surface area contributed by atoms with Crippen molar-refractivity contribution < 1.29 is 0 Å². The average Bonchev–Trinajstić information content (AvgIpc) is 3.64. The van der Waals surface area contributed by atoms with Gasteiger partial charge in [-0.2, -0.15) is 0 Å². The van der Waals surface area contributed by atoms with E-state index in [2.05, 4.69) is 169 Å². The Morgan fingerprint density at radius 1 is 0.623 bits per heavy atom. The van der Waals surface area contributed by atoms with Crippen LogP contribution in [0, 0.1) is 23.7 Å². The molecule has 0 saturated carbocycles. The highest BCUT2D eigenvalue weighted by molar-refractivity contribution is 6.13. The van der Waals surface area contributed by atoms with Gasteiger partial charge in [-0.3, -0.25) is 0 Å². The predicted molar refractivity (Wildman–Crippen MR) is 231 cm³/mol. The van der Waals surface area contributed by atoms with Crippen molar-refractivity contribution in [2.45, 2.75) is 137 Å². The fourth-order valence-corrected chi connectivity index (χ4v) is 12.4. The fourth-order valence-electron chi connectivity index (χ4n) is 12.4. The zero-order valence-corrected chi connectivity index (χ0v) is 35.1. The predicted octanol–water partition coefficient (Wildman–Crippen LogP) is 14.9. The van der Waals surface area contributed by atoms with Crippen molar-refractivity contribution in [3.05, 3.63) is 129 Å². The Bertz CT molecular complexity index is 2240. The molecule has 4 aromatic carbocycles. The van der Waals surface area contributed by atoms with Gasteiger partial charge in [-0.25, -0.2) is 0 Å². The van der Waals surface area contributed by atoms with Gasteiger partial charge in [0.25, 0.3) is 0 Å². The molecule has 0 aromatic heterocycles. The van der Waals surface area contributed by atoms with Crippen LogP contribution in [0.15, 0.2) is 90.0 Å². The SMILES string of the molecule is CCC(CC)C1=CC2(c3ccc4c(c3-c3cc(C(C)(C)C)c5ccccc5c32)C(C)(C)C2=C4C(C)(C)c3ccccc32)C(C(C)C)C(C(CC)CC)=C1. The van der Waals surface area contributed by atoms with Gasteiger partial charge in [-0.1, -0.05) is 168 Å². The molecule has 0 heteroatoms. The smallest absolute Gasteiger partial charge is 0.0474 e. The number of allylic oxidation sites excluding steroid dienone is 6. The Kier molecular flexibility index (Phi) is 8.35. The summed E-state index contributed by atoms with van der Waals surface area (Å²) in [5.41, 5.74) is 19.5. The van der Waals surface area contributed by atoms with Crippen LogP contribution in [-0.2, 0) is 21.7 Å². The Hall–Kier alpha value is -3.64. The lowest BCUT2D eigenvalue weighted by molar-refractivity contribution is 0.298. The summed E-state index contributed by atoms with van der Waals surface area (Å²) >= 11 is 0. The molecule has 0 radical (unpaired) electrons. The highest BCUT2D eigenvalue weighted by Gasteiger charge is 2.57. The molecule has 8 rings (SSSR count). The third-order valence-corrected chi connectivity index (χ3v) is 14.6. The maximum Gasteiger partial charge on any atom is 0.0474 e. The van der Waals surface area contributed by atoms with Crippen molar-refractivity contribution in [2.75, 3.05) is 0 Å². The Labute approximate surface area is 321 Å². The molecule has 0 aliphatic heterocycles. The molecule has 4 aliphatic rings. The van der Waals surface area contributed by atoms with E-state index in [1.165, 1.54) is 69.8 Å². The van der Waals surface area contributed by atoms with Gasteiger partial charge in [0.2, 0.25) is 0 Å².